The van der Waals surface area contributed by atoms with E-state index in [2.05, 4.69) is 6.58 Å². The first-order valence-electron chi connectivity index (χ1n) is 4.18. The third-order valence-electron chi connectivity index (χ3n) is 2.19. The number of rotatable bonds is 1. The van der Waals surface area contributed by atoms with Gasteiger partial charge in [-0.15, -0.1) is 0 Å². The second-order valence-corrected chi connectivity index (χ2v) is 3.69. The van der Waals surface area contributed by atoms with Crippen molar-refractivity contribution >= 4 is 6.29 Å². The van der Waals surface area contributed by atoms with Gasteiger partial charge in [0.2, 0.25) is 0 Å². The molecule has 13 heavy (non-hydrogen) atoms. The van der Waals surface area contributed by atoms with Gasteiger partial charge in [0.25, 0.3) is 0 Å². The summed E-state index contributed by atoms with van der Waals surface area (Å²) in [6.07, 6.45) is -0.644. The van der Waals surface area contributed by atoms with E-state index in [1.165, 1.54) is 0 Å². The topological polar surface area (TPSA) is 44.8 Å². The predicted octanol–water partition coefficient (Wildman–Crippen LogP) is 0.618. The molecular formula is C9H12O4. The molecule has 0 aliphatic carbocycles. The number of ether oxygens (including phenoxy) is 3. The Morgan fingerprint density at radius 1 is 1.46 bits per heavy atom. The van der Waals surface area contributed by atoms with Crippen molar-refractivity contribution in [3.05, 3.63) is 12.2 Å². The Labute approximate surface area is 76.5 Å². The van der Waals surface area contributed by atoms with Crippen molar-refractivity contribution < 1.29 is 19.0 Å². The highest BCUT2D eigenvalue weighted by Crippen LogP contribution is 2.38. The molecule has 2 saturated heterocycles. The highest BCUT2D eigenvalue weighted by molar-refractivity contribution is 5.63. The van der Waals surface area contributed by atoms with Crippen LogP contribution in [0.25, 0.3) is 0 Å². The van der Waals surface area contributed by atoms with Gasteiger partial charge in [0.15, 0.2) is 18.4 Å². The smallest absolute Gasteiger partial charge is 0.192 e. The first-order valence-corrected chi connectivity index (χ1v) is 4.18. The molecule has 0 aromatic rings. The zero-order valence-corrected chi connectivity index (χ0v) is 7.65. The van der Waals surface area contributed by atoms with Gasteiger partial charge in [-0.2, -0.15) is 0 Å². The summed E-state index contributed by atoms with van der Waals surface area (Å²) in [6, 6.07) is 0. The van der Waals surface area contributed by atoms with Crippen LogP contribution in [0.4, 0.5) is 0 Å². The standard InChI is InChI=1S/C9H12O4/c1-5-6(4-10)11-8-7(5)12-9(2,3)13-8/h4,6-8H,1H2,2-3H3. The molecule has 2 aliphatic rings. The van der Waals surface area contributed by atoms with E-state index in [9.17, 15) is 4.79 Å². The Morgan fingerprint density at radius 2 is 2.15 bits per heavy atom. The maximum absolute atomic E-state index is 10.5. The molecule has 0 saturated carbocycles. The summed E-state index contributed by atoms with van der Waals surface area (Å²) in [6.45, 7) is 7.36. The van der Waals surface area contributed by atoms with Crippen LogP contribution in [-0.4, -0.2) is 30.6 Å². The van der Waals surface area contributed by atoms with E-state index in [0.717, 1.165) is 0 Å². The summed E-state index contributed by atoms with van der Waals surface area (Å²) in [7, 11) is 0. The van der Waals surface area contributed by atoms with Gasteiger partial charge < -0.3 is 19.0 Å². The fraction of sp³-hybridized carbons (Fsp3) is 0.667. The molecule has 0 amide bonds. The van der Waals surface area contributed by atoms with E-state index in [0.29, 0.717) is 11.9 Å². The van der Waals surface area contributed by atoms with Crippen LogP contribution in [0.15, 0.2) is 12.2 Å². The average molecular weight is 184 g/mol. The van der Waals surface area contributed by atoms with Gasteiger partial charge in [-0.05, 0) is 19.4 Å². The number of aldehydes is 1. The van der Waals surface area contributed by atoms with Gasteiger partial charge >= 0.3 is 0 Å². The van der Waals surface area contributed by atoms with Gasteiger partial charge in [-0.1, -0.05) is 6.58 Å². The molecule has 3 atom stereocenters. The molecule has 0 spiro atoms. The van der Waals surface area contributed by atoms with Crippen molar-refractivity contribution in [1.29, 1.82) is 0 Å². The normalized spacial score (nSPS) is 42.0. The van der Waals surface area contributed by atoms with Crippen LogP contribution in [0.3, 0.4) is 0 Å². The molecule has 4 heteroatoms. The van der Waals surface area contributed by atoms with Crippen molar-refractivity contribution in [3.8, 4) is 0 Å². The second kappa shape index (κ2) is 2.64. The molecule has 2 rings (SSSR count). The van der Waals surface area contributed by atoms with Crippen LogP contribution in [0.1, 0.15) is 13.8 Å². The van der Waals surface area contributed by atoms with Crippen LogP contribution in [0, 0.1) is 0 Å². The van der Waals surface area contributed by atoms with Gasteiger partial charge in [0.1, 0.15) is 12.2 Å². The van der Waals surface area contributed by atoms with E-state index in [1.54, 1.807) is 13.8 Å². The molecule has 0 radical (unpaired) electrons. The van der Waals surface area contributed by atoms with Crippen molar-refractivity contribution in [2.45, 2.75) is 38.1 Å². The fourth-order valence-corrected chi connectivity index (χ4v) is 1.59. The Morgan fingerprint density at radius 3 is 2.69 bits per heavy atom. The van der Waals surface area contributed by atoms with Crippen LogP contribution >= 0.6 is 0 Å². The third-order valence-corrected chi connectivity index (χ3v) is 2.19. The Hall–Kier alpha value is -0.710. The largest absolute Gasteiger partial charge is 0.337 e. The fourth-order valence-electron chi connectivity index (χ4n) is 1.59. The molecule has 0 aromatic carbocycles. The lowest BCUT2D eigenvalue weighted by Gasteiger charge is -2.19. The van der Waals surface area contributed by atoms with E-state index >= 15 is 0 Å². The lowest BCUT2D eigenvalue weighted by Crippen LogP contribution is -2.25. The molecule has 3 unspecified atom stereocenters. The summed E-state index contributed by atoms with van der Waals surface area (Å²) in [5.74, 6) is -0.647. The maximum Gasteiger partial charge on any atom is 0.192 e. The van der Waals surface area contributed by atoms with Crippen molar-refractivity contribution in [2.24, 2.45) is 0 Å². The zero-order chi connectivity index (χ0) is 9.64. The molecular weight excluding hydrogens is 172 g/mol. The molecule has 0 aromatic heterocycles. The average Bonchev–Trinajstić information content (AvgIpc) is 2.47. The monoisotopic (exact) mass is 184 g/mol. The van der Waals surface area contributed by atoms with Gasteiger partial charge in [-0.3, -0.25) is 0 Å². The summed E-state index contributed by atoms with van der Waals surface area (Å²) in [4.78, 5) is 10.5. The lowest BCUT2D eigenvalue weighted by molar-refractivity contribution is -0.198. The molecule has 0 bridgehead atoms. The summed E-state index contributed by atoms with van der Waals surface area (Å²) >= 11 is 0. The molecule has 4 nitrogen and oxygen atoms in total. The second-order valence-electron chi connectivity index (χ2n) is 3.69. The number of hydrogen-bond donors (Lipinski definition) is 0. The molecule has 2 aliphatic heterocycles. The number of carbonyl (C=O) groups excluding carboxylic acids is 1. The molecule has 2 heterocycles. The van der Waals surface area contributed by atoms with E-state index < -0.39 is 18.2 Å². The zero-order valence-electron chi connectivity index (χ0n) is 7.65. The third kappa shape index (κ3) is 1.31. The minimum absolute atomic E-state index is 0.301. The molecule has 0 N–H and O–H groups in total. The minimum Gasteiger partial charge on any atom is -0.337 e. The lowest BCUT2D eigenvalue weighted by atomic mass is 10.1. The van der Waals surface area contributed by atoms with E-state index in [4.69, 9.17) is 14.2 Å². The van der Waals surface area contributed by atoms with E-state index in [-0.39, 0.29) is 6.10 Å². The maximum atomic E-state index is 10.5. The molecule has 72 valence electrons. The van der Waals surface area contributed by atoms with Gasteiger partial charge in [0, 0.05) is 0 Å². The summed E-state index contributed by atoms with van der Waals surface area (Å²) in [5, 5.41) is 0. The van der Waals surface area contributed by atoms with Crippen LogP contribution in [0.2, 0.25) is 0 Å². The van der Waals surface area contributed by atoms with Crippen molar-refractivity contribution in [1.82, 2.24) is 0 Å². The Kier molecular flexibility index (Phi) is 1.80. The van der Waals surface area contributed by atoms with Gasteiger partial charge in [-0.25, -0.2) is 0 Å². The number of hydrogen-bond acceptors (Lipinski definition) is 4. The Bertz CT molecular complexity index is 258. The van der Waals surface area contributed by atoms with Gasteiger partial charge in [0.05, 0.1) is 0 Å². The molecule has 2 fully saturated rings. The van der Waals surface area contributed by atoms with Crippen LogP contribution in [0.5, 0.6) is 0 Å². The van der Waals surface area contributed by atoms with Crippen LogP contribution < -0.4 is 0 Å². The Balaban J connectivity index is 2.16. The predicted molar refractivity (Wildman–Crippen MR) is 43.9 cm³/mol. The SMILES string of the molecule is C=C1C(C=O)OC2OC(C)(C)OC12. The van der Waals surface area contributed by atoms with Crippen molar-refractivity contribution in [2.75, 3.05) is 0 Å². The van der Waals surface area contributed by atoms with Crippen LogP contribution in [-0.2, 0) is 19.0 Å². The highest BCUT2D eigenvalue weighted by atomic mass is 16.8. The quantitative estimate of drug-likeness (QED) is 0.442. The minimum atomic E-state index is -0.647. The first-order chi connectivity index (χ1) is 6.03. The number of fused-ring (bicyclic) bond motifs is 1. The first kappa shape index (κ1) is 8.87. The van der Waals surface area contributed by atoms with E-state index in [1.807, 2.05) is 0 Å². The highest BCUT2D eigenvalue weighted by Gasteiger charge is 2.50. The summed E-state index contributed by atoms with van der Waals surface area (Å²) in [5.41, 5.74) is 0.644. The van der Waals surface area contributed by atoms with Crippen molar-refractivity contribution in [3.63, 3.8) is 0 Å². The number of carbonyl (C=O) groups is 1. The summed E-state index contributed by atoms with van der Waals surface area (Å²) < 4.78 is 16.2.